The molecule has 7 rings (SSSR count). The van der Waals surface area contributed by atoms with Gasteiger partial charge < -0.3 is 19.7 Å². The molecule has 0 saturated heterocycles. The number of carbonyl (C=O) groups excluding carboxylic acids is 2. The first kappa shape index (κ1) is 18.2. The van der Waals surface area contributed by atoms with Crippen LogP contribution in [0.5, 0.6) is 5.75 Å². The highest BCUT2D eigenvalue weighted by atomic mass is 35.5. The number of carboxylic acids is 1. The number of anilines is 1. The van der Waals surface area contributed by atoms with E-state index in [1.807, 2.05) is 13.1 Å². The fraction of sp³-hybridized carbons (Fsp3) is 0.500. The highest BCUT2D eigenvalue weighted by Crippen LogP contribution is 2.95. The van der Waals surface area contributed by atoms with Gasteiger partial charge in [0.15, 0.2) is 5.75 Å². The second-order valence-electron chi connectivity index (χ2n) is 9.43. The summed E-state index contributed by atoms with van der Waals surface area (Å²) in [5, 5.41) is 10.5. The van der Waals surface area contributed by atoms with Gasteiger partial charge in [0.1, 0.15) is 0 Å². The zero-order valence-corrected chi connectivity index (χ0v) is 17.4. The average Bonchev–Trinajstić information content (AvgIpc) is 2.95. The predicted molar refractivity (Wildman–Crippen MR) is 109 cm³/mol. The van der Waals surface area contributed by atoms with E-state index in [0.717, 1.165) is 27.7 Å². The Morgan fingerprint density at radius 2 is 2.10 bits per heavy atom. The molecular formula is C22H21ClN2O5. The number of carboxylic acid groups (broad SMARTS) is 1. The van der Waals surface area contributed by atoms with Crippen molar-refractivity contribution >= 4 is 46.0 Å². The van der Waals surface area contributed by atoms with Crippen molar-refractivity contribution in [2.45, 2.75) is 32.6 Å². The predicted octanol–water partition coefficient (Wildman–Crippen LogP) is 3.18. The van der Waals surface area contributed by atoms with E-state index in [9.17, 15) is 19.5 Å². The molecule has 1 spiro atoms. The normalized spacial score (nSPS) is 34.6. The standard InChI is InChI=1S/C22H21ClN2O5/c1-9-5-24-17-13(30-10(2)26)3-12-15(14(9)17)11(4-23)6-25(12)19(27)16-18-21(16)7-22(18,8-21)20(28)29/h3,5,11,16,18,24H,4,6-8H2,1-2H3,(H,28,29)/t11-,16?,18?,21?,22?/m1/s1. The number of alkyl halides is 1. The van der Waals surface area contributed by atoms with Crippen LogP contribution in [0.25, 0.3) is 10.9 Å². The number of amides is 1. The zero-order chi connectivity index (χ0) is 21.2. The van der Waals surface area contributed by atoms with E-state index in [1.165, 1.54) is 6.92 Å². The summed E-state index contributed by atoms with van der Waals surface area (Å²) >= 11 is 6.30. The number of esters is 1. The molecule has 30 heavy (non-hydrogen) atoms. The lowest BCUT2D eigenvalue weighted by molar-refractivity contribution is -0.187. The molecule has 0 radical (unpaired) electrons. The number of halogens is 1. The van der Waals surface area contributed by atoms with E-state index in [-0.39, 0.29) is 29.1 Å². The van der Waals surface area contributed by atoms with Crippen LogP contribution in [0, 0.1) is 29.6 Å². The van der Waals surface area contributed by atoms with Crippen molar-refractivity contribution in [2.75, 3.05) is 17.3 Å². The Kier molecular flexibility index (Phi) is 3.27. The van der Waals surface area contributed by atoms with Crippen LogP contribution in [0.4, 0.5) is 5.69 Å². The summed E-state index contributed by atoms with van der Waals surface area (Å²) < 4.78 is 5.45. The molecule has 7 nitrogen and oxygen atoms in total. The molecule has 4 saturated carbocycles. The number of hydrogen-bond acceptors (Lipinski definition) is 4. The summed E-state index contributed by atoms with van der Waals surface area (Å²) in [5.41, 5.74) is 2.66. The van der Waals surface area contributed by atoms with Crippen LogP contribution in [-0.2, 0) is 14.4 Å². The number of aromatic nitrogens is 1. The molecule has 1 aliphatic heterocycles. The SMILES string of the molecule is CC(=O)Oc1cc2c(c3c(C)c[nH]c13)[C@H](CCl)CN2C(=O)C1C2C3(C(=O)O)CC12C3. The van der Waals surface area contributed by atoms with Crippen molar-refractivity contribution in [3.05, 3.63) is 23.4 Å². The van der Waals surface area contributed by atoms with Crippen molar-refractivity contribution < 1.29 is 24.2 Å². The minimum Gasteiger partial charge on any atom is -0.481 e. The summed E-state index contributed by atoms with van der Waals surface area (Å²) in [6, 6.07) is 1.75. The molecule has 2 bridgehead atoms. The van der Waals surface area contributed by atoms with Crippen LogP contribution in [-0.4, -0.2) is 40.4 Å². The van der Waals surface area contributed by atoms with Crippen LogP contribution < -0.4 is 9.64 Å². The van der Waals surface area contributed by atoms with Crippen LogP contribution in [0.3, 0.4) is 0 Å². The molecule has 3 atom stereocenters. The first-order chi connectivity index (χ1) is 14.2. The van der Waals surface area contributed by atoms with Gasteiger partial charge in [0, 0.05) is 48.8 Å². The lowest BCUT2D eigenvalue weighted by Crippen LogP contribution is -2.58. The molecule has 1 aromatic heterocycles. The summed E-state index contributed by atoms with van der Waals surface area (Å²) in [6.07, 6.45) is 3.09. The van der Waals surface area contributed by atoms with Gasteiger partial charge in [0.2, 0.25) is 5.91 Å². The highest BCUT2D eigenvalue weighted by molar-refractivity contribution is 6.19. The number of fused-ring (bicyclic) bond motifs is 3. The minimum absolute atomic E-state index is 0.0178. The molecule has 1 amide bonds. The summed E-state index contributed by atoms with van der Waals surface area (Å²) in [5.74, 6) is -0.761. The van der Waals surface area contributed by atoms with Crippen molar-refractivity contribution in [2.24, 2.45) is 22.7 Å². The Labute approximate surface area is 177 Å². The topological polar surface area (TPSA) is 99.7 Å². The van der Waals surface area contributed by atoms with Crippen molar-refractivity contribution in [3.63, 3.8) is 0 Å². The first-order valence-corrected chi connectivity index (χ1v) is 10.7. The molecule has 2 unspecified atom stereocenters. The average molecular weight is 429 g/mol. The number of nitrogens with one attached hydrogen (secondary N) is 1. The first-order valence-electron chi connectivity index (χ1n) is 10.2. The third-order valence-electron chi connectivity index (χ3n) is 7.98. The maximum absolute atomic E-state index is 13.6. The Hall–Kier alpha value is -2.54. The van der Waals surface area contributed by atoms with Gasteiger partial charge in [-0.2, -0.15) is 0 Å². The molecule has 156 valence electrons. The van der Waals surface area contributed by atoms with Gasteiger partial charge in [0.05, 0.1) is 16.6 Å². The van der Waals surface area contributed by atoms with Gasteiger partial charge in [0.25, 0.3) is 0 Å². The Balaban J connectivity index is 1.44. The molecule has 5 aliphatic rings. The zero-order valence-electron chi connectivity index (χ0n) is 16.6. The van der Waals surface area contributed by atoms with Gasteiger partial charge >= 0.3 is 11.9 Å². The van der Waals surface area contributed by atoms with Gasteiger partial charge in [-0.1, -0.05) is 0 Å². The quantitative estimate of drug-likeness (QED) is 0.442. The summed E-state index contributed by atoms with van der Waals surface area (Å²) in [6.45, 7) is 3.77. The Morgan fingerprint density at radius 1 is 1.37 bits per heavy atom. The largest absolute Gasteiger partial charge is 0.481 e. The molecule has 8 heteroatoms. The number of hydrogen-bond donors (Lipinski definition) is 2. The van der Waals surface area contributed by atoms with Crippen LogP contribution in [0.15, 0.2) is 12.3 Å². The maximum Gasteiger partial charge on any atom is 0.310 e. The molecule has 2 N–H and O–H groups in total. The number of benzene rings is 1. The number of H-pyrrole nitrogens is 1. The number of rotatable bonds is 4. The van der Waals surface area contributed by atoms with E-state index in [2.05, 4.69) is 4.98 Å². The van der Waals surface area contributed by atoms with E-state index in [1.54, 1.807) is 11.0 Å². The molecule has 2 heterocycles. The summed E-state index contributed by atoms with van der Waals surface area (Å²) in [7, 11) is 0. The highest BCUT2D eigenvalue weighted by Gasteiger charge is 2.96. The Bertz CT molecular complexity index is 1180. The van der Waals surface area contributed by atoms with E-state index < -0.39 is 17.4 Å². The van der Waals surface area contributed by atoms with E-state index in [0.29, 0.717) is 31.0 Å². The molecule has 4 fully saturated rings. The van der Waals surface area contributed by atoms with Crippen LogP contribution >= 0.6 is 11.6 Å². The lowest BCUT2D eigenvalue weighted by atomic mass is 9.44. The van der Waals surface area contributed by atoms with Crippen molar-refractivity contribution in [3.8, 4) is 5.75 Å². The number of aliphatic carboxylic acids is 1. The molecule has 4 aliphatic carbocycles. The van der Waals surface area contributed by atoms with E-state index in [4.69, 9.17) is 16.3 Å². The summed E-state index contributed by atoms with van der Waals surface area (Å²) in [4.78, 5) is 41.8. The van der Waals surface area contributed by atoms with Gasteiger partial charge in [-0.15, -0.1) is 11.6 Å². The van der Waals surface area contributed by atoms with Crippen LogP contribution in [0.1, 0.15) is 36.8 Å². The number of ether oxygens (including phenoxy) is 1. The minimum atomic E-state index is -0.771. The maximum atomic E-state index is 13.6. The molecular weight excluding hydrogens is 408 g/mol. The number of aromatic amines is 1. The fourth-order valence-electron chi connectivity index (χ4n) is 6.80. The molecule has 2 aromatic rings. The smallest absolute Gasteiger partial charge is 0.310 e. The van der Waals surface area contributed by atoms with Crippen molar-refractivity contribution in [1.82, 2.24) is 4.98 Å². The second kappa shape index (κ2) is 5.38. The third kappa shape index (κ3) is 1.86. The third-order valence-corrected chi connectivity index (χ3v) is 8.36. The van der Waals surface area contributed by atoms with Gasteiger partial charge in [-0.3, -0.25) is 14.4 Å². The molecule has 1 aromatic carbocycles. The van der Waals surface area contributed by atoms with Crippen LogP contribution in [0.2, 0.25) is 0 Å². The number of nitrogens with zero attached hydrogens (tertiary/aromatic N) is 1. The lowest BCUT2D eigenvalue weighted by Gasteiger charge is -2.57. The number of carbonyl (C=O) groups is 3. The Morgan fingerprint density at radius 3 is 2.70 bits per heavy atom. The van der Waals surface area contributed by atoms with Gasteiger partial charge in [-0.05, 0) is 42.2 Å². The second-order valence-corrected chi connectivity index (χ2v) is 9.73. The fourth-order valence-corrected chi connectivity index (χ4v) is 7.06. The monoisotopic (exact) mass is 428 g/mol. The van der Waals surface area contributed by atoms with E-state index >= 15 is 0 Å². The van der Waals surface area contributed by atoms with Gasteiger partial charge in [-0.25, -0.2) is 0 Å². The number of aryl methyl sites for hydroxylation is 1. The van der Waals surface area contributed by atoms with Crippen molar-refractivity contribution in [1.29, 1.82) is 0 Å².